The number of nitrogens with zero attached hydrogens (tertiary/aromatic N) is 2. The second-order valence-electron chi connectivity index (χ2n) is 5.05. The predicted octanol–water partition coefficient (Wildman–Crippen LogP) is 0.0763. The second-order valence-corrected chi connectivity index (χ2v) is 5.94. The van der Waals surface area contributed by atoms with Gasteiger partial charge in [0.1, 0.15) is 5.69 Å². The monoisotopic (exact) mass is 331 g/mol. The molecule has 8 nitrogen and oxygen atoms in total. The van der Waals surface area contributed by atoms with Gasteiger partial charge >= 0.3 is 7.05 Å². The molecule has 0 bridgehead atoms. The zero-order valence-corrected chi connectivity index (χ0v) is 12.7. The summed E-state index contributed by atoms with van der Waals surface area (Å²) < 4.78 is 0. The highest BCUT2D eigenvalue weighted by atomic mass is 32.1. The number of nitrogens with two attached hydrogens (primary N) is 1. The average molecular weight is 331 g/mol. The Bertz CT molecular complexity index is 766. The molecular formula is C13H14BN5O3S. The molecule has 118 valence electrons. The Morgan fingerprint density at radius 2 is 2.30 bits per heavy atom. The maximum Gasteiger partial charge on any atom is 0.434 e. The van der Waals surface area contributed by atoms with Crippen molar-refractivity contribution in [2.45, 2.75) is 12.4 Å². The molecule has 6 N–H and O–H groups in total. The number of para-hydroxylation sites is 1. The zero-order valence-electron chi connectivity index (χ0n) is 11.9. The van der Waals surface area contributed by atoms with E-state index in [9.17, 15) is 9.82 Å². The molecule has 10 heteroatoms. The molecule has 1 atom stereocenters. The van der Waals surface area contributed by atoms with E-state index < -0.39 is 18.9 Å². The molecule has 0 aliphatic carbocycles. The van der Waals surface area contributed by atoms with Crippen LogP contribution in [0.2, 0.25) is 0 Å². The van der Waals surface area contributed by atoms with Crippen molar-refractivity contribution in [1.29, 1.82) is 0 Å². The van der Waals surface area contributed by atoms with Crippen LogP contribution in [0.3, 0.4) is 0 Å². The van der Waals surface area contributed by atoms with E-state index in [2.05, 4.69) is 20.7 Å². The van der Waals surface area contributed by atoms with Crippen molar-refractivity contribution in [3.05, 3.63) is 40.9 Å². The van der Waals surface area contributed by atoms with E-state index in [1.807, 2.05) is 24.3 Å². The first-order chi connectivity index (χ1) is 11.1. The number of amides is 1. The van der Waals surface area contributed by atoms with Gasteiger partial charge in [0.05, 0.1) is 5.94 Å². The number of nitrogen functional groups attached to an aromatic ring is 1. The van der Waals surface area contributed by atoms with Crippen LogP contribution in [0.4, 0.5) is 10.8 Å². The Morgan fingerprint density at radius 3 is 3.00 bits per heavy atom. The van der Waals surface area contributed by atoms with Gasteiger partial charge in [-0.15, -0.1) is 11.3 Å². The molecule has 2 heterocycles. The van der Waals surface area contributed by atoms with Crippen molar-refractivity contribution in [2.75, 3.05) is 11.0 Å². The summed E-state index contributed by atoms with van der Waals surface area (Å²) >= 11 is 1.14. The largest absolute Gasteiger partial charge is 0.434 e. The third kappa shape index (κ3) is 3.12. The van der Waals surface area contributed by atoms with Gasteiger partial charge in [-0.2, -0.15) is 0 Å². The number of fused-ring (bicyclic) bond motifs is 1. The van der Waals surface area contributed by atoms with E-state index in [0.717, 1.165) is 22.6 Å². The van der Waals surface area contributed by atoms with Gasteiger partial charge in [0, 0.05) is 11.1 Å². The number of carbonyl (C=O) groups is 1. The molecule has 1 aromatic heterocycles. The minimum absolute atomic E-state index is 0.186. The summed E-state index contributed by atoms with van der Waals surface area (Å²) in [5.74, 6) is -1.20. The standard InChI is InChI=1S/C13H14BN5O3S/c15-13-16-9(6-23-13)11(19-22)12(20)17-10-5-7-3-1-2-4-8(7)18-14(10)21/h1-4,6,10,18,21-22H,5H2,(H2,15,16)(H,17,20)/b19-11-/t10-/m0/s1. The van der Waals surface area contributed by atoms with E-state index >= 15 is 0 Å². The SMILES string of the molecule is Nc1nc(/C(=N/O)C(=O)N[C@H]2Cc3ccccc3NB2O)cs1. The Morgan fingerprint density at radius 1 is 1.52 bits per heavy atom. The fourth-order valence-corrected chi connectivity index (χ4v) is 2.97. The van der Waals surface area contributed by atoms with Crippen LogP contribution in [0.5, 0.6) is 0 Å². The maximum atomic E-state index is 12.3. The molecule has 0 saturated heterocycles. The normalized spacial score (nSPS) is 17.3. The number of nitrogens with one attached hydrogen (secondary N) is 2. The number of oxime groups is 1. The molecule has 0 unspecified atom stereocenters. The summed E-state index contributed by atoms with van der Waals surface area (Å²) in [4.78, 5) is 16.2. The first kappa shape index (κ1) is 15.3. The number of hydrogen-bond acceptors (Lipinski definition) is 8. The molecule has 0 saturated carbocycles. The topological polar surface area (TPSA) is 133 Å². The molecule has 1 amide bonds. The number of aromatic nitrogens is 1. The third-order valence-electron chi connectivity index (χ3n) is 3.54. The number of carbonyl (C=O) groups excluding carboxylic acids is 1. The van der Waals surface area contributed by atoms with Crippen LogP contribution in [0.25, 0.3) is 0 Å². The Kier molecular flexibility index (Phi) is 4.17. The van der Waals surface area contributed by atoms with Crippen LogP contribution in [-0.4, -0.2) is 39.8 Å². The van der Waals surface area contributed by atoms with Gasteiger partial charge in [-0.1, -0.05) is 23.4 Å². The number of benzene rings is 1. The molecular weight excluding hydrogens is 317 g/mol. The highest BCUT2D eigenvalue weighted by molar-refractivity contribution is 7.13. The third-order valence-corrected chi connectivity index (χ3v) is 4.21. The number of hydrogen-bond donors (Lipinski definition) is 5. The van der Waals surface area contributed by atoms with Gasteiger partial charge in [-0.3, -0.25) is 4.79 Å². The molecule has 0 fully saturated rings. The lowest BCUT2D eigenvalue weighted by atomic mass is 9.67. The molecule has 3 rings (SSSR count). The van der Waals surface area contributed by atoms with Gasteiger partial charge in [0.2, 0.25) is 0 Å². The zero-order chi connectivity index (χ0) is 16.4. The van der Waals surface area contributed by atoms with Crippen molar-refractivity contribution in [2.24, 2.45) is 5.16 Å². The van der Waals surface area contributed by atoms with Gasteiger partial charge in [0.15, 0.2) is 10.8 Å². The minimum atomic E-state index is -0.950. The first-order valence-corrected chi connectivity index (χ1v) is 7.73. The van der Waals surface area contributed by atoms with Crippen molar-refractivity contribution in [3.8, 4) is 0 Å². The van der Waals surface area contributed by atoms with Gasteiger partial charge in [-0.05, 0) is 18.1 Å². The molecule has 1 aliphatic rings. The Hall–Kier alpha value is -2.59. The van der Waals surface area contributed by atoms with E-state index in [0.29, 0.717) is 6.42 Å². The van der Waals surface area contributed by atoms with Crippen molar-refractivity contribution < 1.29 is 15.0 Å². The van der Waals surface area contributed by atoms with Crippen molar-refractivity contribution in [1.82, 2.24) is 10.3 Å². The maximum absolute atomic E-state index is 12.3. The first-order valence-electron chi connectivity index (χ1n) is 6.85. The fraction of sp³-hybridized carbons (Fsp3) is 0.154. The van der Waals surface area contributed by atoms with E-state index in [4.69, 9.17) is 10.9 Å². The molecule has 1 aliphatic heterocycles. The lowest BCUT2D eigenvalue weighted by Gasteiger charge is -2.28. The quantitative estimate of drug-likeness (QED) is 0.234. The number of thiazole rings is 1. The van der Waals surface area contributed by atoms with Crippen molar-refractivity contribution in [3.63, 3.8) is 0 Å². The molecule has 0 spiro atoms. The fourth-order valence-electron chi connectivity index (χ4n) is 2.42. The summed E-state index contributed by atoms with van der Waals surface area (Å²) in [6.45, 7) is 0. The predicted molar refractivity (Wildman–Crippen MR) is 88.5 cm³/mol. The Balaban J connectivity index is 1.75. The van der Waals surface area contributed by atoms with Crippen molar-refractivity contribution >= 4 is 40.8 Å². The summed E-state index contributed by atoms with van der Waals surface area (Å²) in [7, 11) is -0.950. The van der Waals surface area contributed by atoms with Gasteiger partial charge < -0.3 is 26.5 Å². The van der Waals surface area contributed by atoms with E-state index in [1.165, 1.54) is 5.38 Å². The lowest BCUT2D eigenvalue weighted by molar-refractivity contribution is -0.115. The molecule has 0 radical (unpaired) electrons. The van der Waals surface area contributed by atoms with E-state index in [-0.39, 0.29) is 16.5 Å². The number of rotatable bonds is 3. The van der Waals surface area contributed by atoms with Crippen LogP contribution in [0.15, 0.2) is 34.8 Å². The summed E-state index contributed by atoms with van der Waals surface area (Å²) in [5.41, 5.74) is 7.26. The van der Waals surface area contributed by atoms with Crippen LogP contribution >= 0.6 is 11.3 Å². The highest BCUT2D eigenvalue weighted by Crippen LogP contribution is 2.22. The van der Waals surface area contributed by atoms with Crippen LogP contribution in [0.1, 0.15) is 11.3 Å². The smallest absolute Gasteiger partial charge is 0.431 e. The van der Waals surface area contributed by atoms with Crippen LogP contribution in [-0.2, 0) is 11.2 Å². The molecule has 1 aromatic carbocycles. The average Bonchev–Trinajstić information content (AvgIpc) is 2.95. The highest BCUT2D eigenvalue weighted by Gasteiger charge is 2.34. The van der Waals surface area contributed by atoms with Crippen LogP contribution in [0, 0.1) is 0 Å². The Labute approximate surface area is 136 Å². The minimum Gasteiger partial charge on any atom is -0.431 e. The summed E-state index contributed by atoms with van der Waals surface area (Å²) in [5, 5.41) is 29.6. The summed E-state index contributed by atoms with van der Waals surface area (Å²) in [6.07, 6.45) is 0.452. The molecule has 2 aromatic rings. The van der Waals surface area contributed by atoms with E-state index in [1.54, 1.807) is 0 Å². The van der Waals surface area contributed by atoms with Crippen LogP contribution < -0.4 is 16.3 Å². The van der Waals surface area contributed by atoms with Gasteiger partial charge in [-0.25, -0.2) is 4.98 Å². The lowest BCUT2D eigenvalue weighted by Crippen LogP contribution is -2.55. The molecule has 23 heavy (non-hydrogen) atoms. The summed E-state index contributed by atoms with van der Waals surface area (Å²) in [6, 6.07) is 7.52. The number of anilines is 2. The second kappa shape index (κ2) is 6.27. The van der Waals surface area contributed by atoms with Gasteiger partial charge in [0.25, 0.3) is 5.91 Å².